The molecule has 1 aliphatic heterocycles. The van der Waals surface area contributed by atoms with E-state index in [0.29, 0.717) is 6.04 Å². The zero-order valence-corrected chi connectivity index (χ0v) is 15.0. The third-order valence-corrected chi connectivity index (χ3v) is 4.81. The molecule has 112 valence electrons. The van der Waals surface area contributed by atoms with E-state index >= 15 is 0 Å². The molecule has 0 spiro atoms. The van der Waals surface area contributed by atoms with Gasteiger partial charge in [0.05, 0.1) is 13.2 Å². The lowest BCUT2D eigenvalue weighted by Crippen LogP contribution is -2.37. The highest BCUT2D eigenvalue weighted by Gasteiger charge is 2.11. The van der Waals surface area contributed by atoms with Gasteiger partial charge in [0.25, 0.3) is 0 Å². The topological polar surface area (TPSA) is 24.5 Å². The van der Waals surface area contributed by atoms with Gasteiger partial charge in [-0.15, -0.1) is 0 Å². The molecule has 1 saturated heterocycles. The zero-order chi connectivity index (χ0) is 14.4. The Bertz CT molecular complexity index is 422. The summed E-state index contributed by atoms with van der Waals surface area (Å²) in [4.78, 5) is 2.48. The van der Waals surface area contributed by atoms with Crippen LogP contribution in [-0.4, -0.2) is 44.3 Å². The Balaban J connectivity index is 1.70. The van der Waals surface area contributed by atoms with Gasteiger partial charge in [-0.2, -0.15) is 0 Å². The molecule has 1 aromatic carbocycles. The van der Waals surface area contributed by atoms with Crippen molar-refractivity contribution in [3.8, 4) is 0 Å². The van der Waals surface area contributed by atoms with Gasteiger partial charge in [-0.05, 0) is 44.1 Å². The number of nitrogens with zero attached hydrogens (tertiary/aromatic N) is 1. The average molecular weight is 406 g/mol. The standard InChI is InChI=1S/C15H22Br2N2O/c1-12(14-4-3-13(16)11-15(14)17)18-5-2-6-19-7-9-20-10-8-19/h3-4,11-12,18H,2,5-10H2,1H3. The van der Waals surface area contributed by atoms with Crippen molar-refractivity contribution in [1.82, 2.24) is 10.2 Å². The summed E-state index contributed by atoms with van der Waals surface area (Å²) in [6, 6.07) is 6.71. The van der Waals surface area contributed by atoms with Crippen molar-refractivity contribution in [2.45, 2.75) is 19.4 Å². The summed E-state index contributed by atoms with van der Waals surface area (Å²) in [5.41, 5.74) is 1.31. The van der Waals surface area contributed by atoms with Gasteiger partial charge in [0.15, 0.2) is 0 Å². The van der Waals surface area contributed by atoms with E-state index in [-0.39, 0.29) is 0 Å². The van der Waals surface area contributed by atoms with E-state index in [9.17, 15) is 0 Å². The smallest absolute Gasteiger partial charge is 0.0594 e. The number of ether oxygens (including phenoxy) is 1. The van der Waals surface area contributed by atoms with Crippen molar-refractivity contribution < 1.29 is 4.74 Å². The molecule has 0 bridgehead atoms. The summed E-state index contributed by atoms with van der Waals surface area (Å²) in [6.07, 6.45) is 1.18. The van der Waals surface area contributed by atoms with Crippen LogP contribution in [0.3, 0.4) is 0 Å². The number of halogens is 2. The van der Waals surface area contributed by atoms with Crippen LogP contribution in [0.4, 0.5) is 0 Å². The third kappa shape index (κ3) is 5.11. The summed E-state index contributed by atoms with van der Waals surface area (Å²) in [6.45, 7) is 8.33. The molecule has 1 unspecified atom stereocenters. The van der Waals surface area contributed by atoms with Crippen LogP contribution in [0.2, 0.25) is 0 Å². The zero-order valence-electron chi connectivity index (χ0n) is 11.9. The Hall–Kier alpha value is 0.0600. The minimum atomic E-state index is 0.363. The van der Waals surface area contributed by atoms with Crippen LogP contribution in [0.5, 0.6) is 0 Å². The molecule has 0 aromatic heterocycles. The van der Waals surface area contributed by atoms with Crippen LogP contribution < -0.4 is 5.32 Å². The normalized spacial score (nSPS) is 18.1. The molecule has 0 saturated carbocycles. The predicted molar refractivity (Wildman–Crippen MR) is 90.1 cm³/mol. The second-order valence-electron chi connectivity index (χ2n) is 5.15. The molecular weight excluding hydrogens is 384 g/mol. The molecule has 0 radical (unpaired) electrons. The maximum absolute atomic E-state index is 5.36. The average Bonchev–Trinajstić information content (AvgIpc) is 2.44. The SMILES string of the molecule is CC(NCCCN1CCOCC1)c1ccc(Br)cc1Br. The van der Waals surface area contributed by atoms with E-state index in [1.807, 2.05) is 0 Å². The summed E-state index contributed by atoms with van der Waals surface area (Å²) in [7, 11) is 0. The fraction of sp³-hybridized carbons (Fsp3) is 0.600. The predicted octanol–water partition coefficient (Wildman–Crippen LogP) is 3.58. The fourth-order valence-electron chi connectivity index (χ4n) is 2.41. The molecule has 1 heterocycles. The Labute approximate surface area is 138 Å². The van der Waals surface area contributed by atoms with E-state index in [2.05, 4.69) is 67.2 Å². The van der Waals surface area contributed by atoms with Gasteiger partial charge in [0.2, 0.25) is 0 Å². The lowest BCUT2D eigenvalue weighted by atomic mass is 10.1. The number of hydrogen-bond donors (Lipinski definition) is 1. The highest BCUT2D eigenvalue weighted by atomic mass is 79.9. The van der Waals surface area contributed by atoms with E-state index in [1.54, 1.807) is 0 Å². The first-order valence-electron chi connectivity index (χ1n) is 7.15. The lowest BCUT2D eigenvalue weighted by Gasteiger charge is -2.26. The number of morpholine rings is 1. The van der Waals surface area contributed by atoms with Gasteiger partial charge in [0, 0.05) is 28.1 Å². The first kappa shape index (κ1) is 16.4. The Morgan fingerprint density at radius 3 is 2.75 bits per heavy atom. The number of rotatable bonds is 6. The Kier molecular flexibility index (Phi) is 6.97. The minimum Gasteiger partial charge on any atom is -0.379 e. The molecule has 1 aromatic rings. The van der Waals surface area contributed by atoms with Gasteiger partial charge in [-0.3, -0.25) is 4.90 Å². The maximum atomic E-state index is 5.36. The van der Waals surface area contributed by atoms with Crippen molar-refractivity contribution in [2.75, 3.05) is 39.4 Å². The Morgan fingerprint density at radius 2 is 2.05 bits per heavy atom. The van der Waals surface area contributed by atoms with E-state index in [0.717, 1.165) is 48.3 Å². The first-order chi connectivity index (χ1) is 9.66. The summed E-state index contributed by atoms with van der Waals surface area (Å²) < 4.78 is 7.62. The van der Waals surface area contributed by atoms with E-state index < -0.39 is 0 Å². The van der Waals surface area contributed by atoms with Crippen LogP contribution in [0.25, 0.3) is 0 Å². The monoisotopic (exact) mass is 404 g/mol. The van der Waals surface area contributed by atoms with Crippen LogP contribution in [0.15, 0.2) is 27.1 Å². The molecule has 5 heteroatoms. The fourth-order valence-corrected chi connectivity index (χ4v) is 3.80. The lowest BCUT2D eigenvalue weighted by molar-refractivity contribution is 0.0374. The molecule has 3 nitrogen and oxygen atoms in total. The van der Waals surface area contributed by atoms with E-state index in [1.165, 1.54) is 12.0 Å². The van der Waals surface area contributed by atoms with Crippen LogP contribution in [0.1, 0.15) is 24.9 Å². The highest BCUT2D eigenvalue weighted by molar-refractivity contribution is 9.11. The van der Waals surface area contributed by atoms with Crippen molar-refractivity contribution in [3.05, 3.63) is 32.7 Å². The number of hydrogen-bond acceptors (Lipinski definition) is 3. The second-order valence-corrected chi connectivity index (χ2v) is 6.92. The molecule has 20 heavy (non-hydrogen) atoms. The molecule has 1 N–H and O–H groups in total. The quantitative estimate of drug-likeness (QED) is 0.732. The molecule has 1 aliphatic rings. The van der Waals surface area contributed by atoms with Crippen molar-refractivity contribution in [2.24, 2.45) is 0 Å². The molecule has 1 atom stereocenters. The van der Waals surface area contributed by atoms with E-state index in [4.69, 9.17) is 4.74 Å². The molecule has 0 aliphatic carbocycles. The van der Waals surface area contributed by atoms with Gasteiger partial charge in [0.1, 0.15) is 0 Å². The summed E-state index contributed by atoms with van der Waals surface area (Å²) in [5, 5.41) is 3.60. The second kappa shape index (κ2) is 8.49. The highest BCUT2D eigenvalue weighted by Crippen LogP contribution is 2.26. The van der Waals surface area contributed by atoms with Crippen LogP contribution in [-0.2, 0) is 4.74 Å². The maximum Gasteiger partial charge on any atom is 0.0594 e. The number of nitrogens with one attached hydrogen (secondary N) is 1. The van der Waals surface area contributed by atoms with Gasteiger partial charge in [-0.25, -0.2) is 0 Å². The molecule has 0 amide bonds. The first-order valence-corrected chi connectivity index (χ1v) is 8.74. The van der Waals surface area contributed by atoms with Crippen molar-refractivity contribution >= 4 is 31.9 Å². The molecule has 1 fully saturated rings. The largest absolute Gasteiger partial charge is 0.379 e. The van der Waals surface area contributed by atoms with Gasteiger partial charge < -0.3 is 10.1 Å². The summed E-state index contributed by atoms with van der Waals surface area (Å²) in [5.74, 6) is 0. The van der Waals surface area contributed by atoms with Crippen LogP contribution >= 0.6 is 31.9 Å². The minimum absolute atomic E-state index is 0.363. The summed E-state index contributed by atoms with van der Waals surface area (Å²) >= 11 is 7.11. The number of benzene rings is 1. The van der Waals surface area contributed by atoms with Crippen LogP contribution in [0, 0.1) is 0 Å². The van der Waals surface area contributed by atoms with Gasteiger partial charge >= 0.3 is 0 Å². The molecular formula is C15H22Br2N2O. The third-order valence-electron chi connectivity index (χ3n) is 3.63. The van der Waals surface area contributed by atoms with Gasteiger partial charge in [-0.1, -0.05) is 37.9 Å². The van der Waals surface area contributed by atoms with Crippen molar-refractivity contribution in [3.63, 3.8) is 0 Å². The Morgan fingerprint density at radius 1 is 1.30 bits per heavy atom. The molecule has 2 rings (SSSR count). The van der Waals surface area contributed by atoms with Crippen molar-refractivity contribution in [1.29, 1.82) is 0 Å².